The quantitative estimate of drug-likeness (QED) is 0.805. The van der Waals surface area contributed by atoms with Crippen molar-refractivity contribution in [2.24, 2.45) is 0 Å². The Morgan fingerprint density at radius 3 is 2.50 bits per heavy atom. The van der Waals surface area contributed by atoms with E-state index in [1.54, 1.807) is 40.0 Å². The van der Waals surface area contributed by atoms with E-state index in [4.69, 9.17) is 17.0 Å². The number of carbonyl (C=O) groups excluding carboxylic acids is 1. The van der Waals surface area contributed by atoms with Crippen LogP contribution < -0.4 is 10.6 Å². The average molecular weight is 267 g/mol. The van der Waals surface area contributed by atoms with Gasteiger partial charge in [0.25, 0.3) is 0 Å². The van der Waals surface area contributed by atoms with Crippen molar-refractivity contribution in [1.29, 1.82) is 0 Å². The maximum absolute atomic E-state index is 11.5. The van der Waals surface area contributed by atoms with E-state index in [2.05, 4.69) is 15.6 Å². The summed E-state index contributed by atoms with van der Waals surface area (Å²) in [5.74, 6) is 0. The predicted molar refractivity (Wildman–Crippen MR) is 74.9 cm³/mol. The Labute approximate surface area is 112 Å². The fourth-order valence-corrected chi connectivity index (χ4v) is 1.27. The lowest BCUT2D eigenvalue weighted by Crippen LogP contribution is -2.27. The summed E-state index contributed by atoms with van der Waals surface area (Å²) in [6, 6.07) is 3.45. The van der Waals surface area contributed by atoms with E-state index in [0.29, 0.717) is 16.4 Å². The van der Waals surface area contributed by atoms with Crippen molar-refractivity contribution >= 4 is 29.0 Å². The zero-order valence-corrected chi connectivity index (χ0v) is 11.7. The highest BCUT2D eigenvalue weighted by molar-refractivity contribution is 7.80. The van der Waals surface area contributed by atoms with Gasteiger partial charge in [-0.15, -0.1) is 0 Å². The van der Waals surface area contributed by atoms with Crippen LogP contribution in [-0.2, 0) is 4.74 Å². The number of pyridine rings is 1. The van der Waals surface area contributed by atoms with E-state index >= 15 is 0 Å². The molecule has 5 nitrogen and oxygen atoms in total. The van der Waals surface area contributed by atoms with Crippen LogP contribution in [0, 0.1) is 0 Å². The van der Waals surface area contributed by atoms with Crippen LogP contribution >= 0.6 is 12.2 Å². The number of anilines is 1. The minimum absolute atomic E-state index is 0.506. The van der Waals surface area contributed by atoms with Crippen molar-refractivity contribution in [2.75, 3.05) is 12.4 Å². The first-order chi connectivity index (χ1) is 8.31. The molecular formula is C12H17N3O2S. The molecule has 0 aromatic carbocycles. The number of aromatic nitrogens is 1. The zero-order chi connectivity index (χ0) is 13.8. The topological polar surface area (TPSA) is 63.2 Å². The summed E-state index contributed by atoms with van der Waals surface area (Å²) in [6.45, 7) is 5.41. The van der Waals surface area contributed by atoms with Crippen molar-refractivity contribution in [2.45, 2.75) is 26.4 Å². The fraction of sp³-hybridized carbons (Fsp3) is 0.417. The molecule has 1 heterocycles. The van der Waals surface area contributed by atoms with Crippen LogP contribution in [0.15, 0.2) is 18.3 Å². The third kappa shape index (κ3) is 4.67. The van der Waals surface area contributed by atoms with Crippen LogP contribution in [0.5, 0.6) is 0 Å². The summed E-state index contributed by atoms with van der Waals surface area (Å²) in [5.41, 5.74) is 0.694. The van der Waals surface area contributed by atoms with E-state index in [1.165, 1.54) is 6.20 Å². The maximum Gasteiger partial charge on any atom is 0.412 e. The fourth-order valence-electron chi connectivity index (χ4n) is 1.15. The lowest BCUT2D eigenvalue weighted by atomic mass is 10.2. The Morgan fingerprint density at radius 2 is 2.06 bits per heavy atom. The number of amides is 1. The third-order valence-electron chi connectivity index (χ3n) is 1.87. The summed E-state index contributed by atoms with van der Waals surface area (Å²) in [5, 5.41) is 5.42. The molecule has 0 radical (unpaired) electrons. The van der Waals surface area contributed by atoms with Crippen molar-refractivity contribution in [3.63, 3.8) is 0 Å². The van der Waals surface area contributed by atoms with E-state index in [9.17, 15) is 4.79 Å². The van der Waals surface area contributed by atoms with Crippen LogP contribution in [0.1, 0.15) is 26.5 Å². The monoisotopic (exact) mass is 267 g/mol. The van der Waals surface area contributed by atoms with Gasteiger partial charge < -0.3 is 10.1 Å². The van der Waals surface area contributed by atoms with E-state index < -0.39 is 11.7 Å². The molecule has 6 heteroatoms. The lowest BCUT2D eigenvalue weighted by Gasteiger charge is -2.19. The van der Waals surface area contributed by atoms with Crippen LogP contribution in [0.3, 0.4) is 0 Å². The Balaban J connectivity index is 2.64. The molecule has 0 aliphatic carbocycles. The average Bonchev–Trinajstić information content (AvgIpc) is 2.26. The molecule has 1 amide bonds. The standard InChI is InChI=1S/C12H17N3O2S/c1-12(2,3)17-11(16)15-8-5-6-9(14-7-8)10(18)13-4/h5-7H,1-4H3,(H,13,18)(H,15,16). The Hall–Kier alpha value is -1.69. The second-order valence-corrected chi connectivity index (χ2v) is 5.05. The molecule has 0 bridgehead atoms. The van der Waals surface area contributed by atoms with E-state index in [-0.39, 0.29) is 0 Å². The summed E-state index contributed by atoms with van der Waals surface area (Å²) in [4.78, 5) is 16.2. The Kier molecular flexibility index (Phi) is 4.61. The van der Waals surface area contributed by atoms with Gasteiger partial charge in [0.2, 0.25) is 0 Å². The van der Waals surface area contributed by atoms with Crippen molar-refractivity contribution in [3.8, 4) is 0 Å². The second kappa shape index (κ2) is 5.77. The zero-order valence-electron chi connectivity index (χ0n) is 10.9. The minimum atomic E-state index is -0.523. The van der Waals surface area contributed by atoms with Gasteiger partial charge in [-0.2, -0.15) is 0 Å². The third-order valence-corrected chi connectivity index (χ3v) is 2.28. The molecule has 0 fully saturated rings. The number of ether oxygens (including phenoxy) is 1. The minimum Gasteiger partial charge on any atom is -0.444 e. The summed E-state index contributed by atoms with van der Waals surface area (Å²) in [6.07, 6.45) is 1.02. The number of carbonyl (C=O) groups is 1. The van der Waals surface area contributed by atoms with Crippen molar-refractivity contribution < 1.29 is 9.53 Å². The smallest absolute Gasteiger partial charge is 0.412 e. The highest BCUT2D eigenvalue weighted by Crippen LogP contribution is 2.11. The lowest BCUT2D eigenvalue weighted by molar-refractivity contribution is 0.0636. The number of nitrogens with zero attached hydrogens (tertiary/aromatic N) is 1. The van der Waals surface area contributed by atoms with Crippen LogP contribution in [0.25, 0.3) is 0 Å². The van der Waals surface area contributed by atoms with Gasteiger partial charge in [-0.25, -0.2) is 4.79 Å². The highest BCUT2D eigenvalue weighted by atomic mass is 32.1. The first kappa shape index (κ1) is 14.4. The normalized spacial score (nSPS) is 10.7. The molecule has 1 rings (SSSR count). The van der Waals surface area contributed by atoms with Crippen molar-refractivity contribution in [3.05, 3.63) is 24.0 Å². The number of thiocarbonyl (C=S) groups is 1. The summed E-state index contributed by atoms with van der Waals surface area (Å²) < 4.78 is 5.12. The molecule has 98 valence electrons. The molecule has 0 spiro atoms. The highest BCUT2D eigenvalue weighted by Gasteiger charge is 2.16. The molecule has 0 atom stereocenters. The van der Waals surface area contributed by atoms with Gasteiger partial charge in [0.15, 0.2) is 0 Å². The van der Waals surface area contributed by atoms with Crippen LogP contribution in [0.4, 0.5) is 10.5 Å². The van der Waals surface area contributed by atoms with Crippen LogP contribution in [-0.4, -0.2) is 28.7 Å². The van der Waals surface area contributed by atoms with Gasteiger partial charge in [-0.1, -0.05) is 12.2 Å². The molecule has 1 aromatic rings. The molecule has 2 N–H and O–H groups in total. The number of nitrogens with one attached hydrogen (secondary N) is 2. The molecule has 0 saturated heterocycles. The van der Waals surface area contributed by atoms with Gasteiger partial charge in [0.1, 0.15) is 10.6 Å². The molecule has 0 aliphatic heterocycles. The Morgan fingerprint density at radius 1 is 1.39 bits per heavy atom. The molecule has 0 unspecified atom stereocenters. The van der Waals surface area contributed by atoms with E-state index in [1.807, 2.05) is 0 Å². The summed E-state index contributed by atoms with van der Waals surface area (Å²) in [7, 11) is 1.73. The van der Waals surface area contributed by atoms with Crippen molar-refractivity contribution in [1.82, 2.24) is 10.3 Å². The summed E-state index contributed by atoms with van der Waals surface area (Å²) >= 11 is 5.04. The largest absolute Gasteiger partial charge is 0.444 e. The SMILES string of the molecule is CNC(=S)c1ccc(NC(=O)OC(C)(C)C)cn1. The van der Waals surface area contributed by atoms with Gasteiger partial charge in [-0.05, 0) is 32.9 Å². The van der Waals surface area contributed by atoms with Gasteiger partial charge in [0, 0.05) is 7.05 Å². The maximum atomic E-state index is 11.5. The number of hydrogen-bond acceptors (Lipinski definition) is 4. The van der Waals surface area contributed by atoms with Gasteiger partial charge in [-0.3, -0.25) is 10.3 Å². The molecule has 0 saturated carbocycles. The number of rotatable bonds is 2. The molecular weight excluding hydrogens is 250 g/mol. The Bertz CT molecular complexity index is 438. The first-order valence-electron chi connectivity index (χ1n) is 5.50. The second-order valence-electron chi connectivity index (χ2n) is 4.64. The molecule has 18 heavy (non-hydrogen) atoms. The predicted octanol–water partition coefficient (Wildman–Crippen LogP) is 2.32. The van der Waals surface area contributed by atoms with Gasteiger partial charge >= 0.3 is 6.09 Å². The van der Waals surface area contributed by atoms with Gasteiger partial charge in [0.05, 0.1) is 17.6 Å². The molecule has 1 aromatic heterocycles. The molecule has 0 aliphatic rings. The first-order valence-corrected chi connectivity index (χ1v) is 5.91. The number of hydrogen-bond donors (Lipinski definition) is 2. The van der Waals surface area contributed by atoms with Crippen LogP contribution in [0.2, 0.25) is 0 Å². The van der Waals surface area contributed by atoms with E-state index in [0.717, 1.165) is 0 Å².